The van der Waals surface area contributed by atoms with Crippen molar-refractivity contribution in [1.82, 2.24) is 0 Å². The molecule has 0 aliphatic heterocycles. The molecule has 0 rings (SSSR count). The normalized spacial score (nSPS) is 9.64. The summed E-state index contributed by atoms with van der Waals surface area (Å²) in [7, 11) is 0. The molecule has 0 aromatic carbocycles. The number of nitrogens with one attached hydrogen (secondary N) is 1. The number of amidine groups is 1. The molecule has 0 amide bonds. The minimum absolute atomic E-state index is 0.0355. The molecule has 5 N–H and O–H groups in total. The van der Waals surface area contributed by atoms with E-state index in [4.69, 9.17) is 21.6 Å². The maximum atomic E-state index is 11.0. The molecule has 14 heavy (non-hydrogen) atoms. The van der Waals surface area contributed by atoms with E-state index in [1.165, 1.54) is 0 Å². The summed E-state index contributed by atoms with van der Waals surface area (Å²) >= 11 is 0.916. The van der Waals surface area contributed by atoms with Crippen LogP contribution >= 0.6 is 11.8 Å². The summed E-state index contributed by atoms with van der Waals surface area (Å²) in [6.07, 6.45) is -0.152. The molecule has 0 fully saturated rings. The molecule has 6 nitrogen and oxygen atoms in total. The molecule has 7 heteroatoms. The SMILES string of the molecule is CC(C)OC(=O)CSC(=N)N=C(N)N. The highest BCUT2D eigenvalue weighted by Crippen LogP contribution is 2.04. The monoisotopic (exact) mass is 218 g/mol. The predicted octanol–water partition coefficient (Wildman–Crippen LogP) is -0.121. The van der Waals surface area contributed by atoms with Crippen molar-refractivity contribution < 1.29 is 9.53 Å². The van der Waals surface area contributed by atoms with Crippen LogP contribution in [0.2, 0.25) is 0 Å². The summed E-state index contributed by atoms with van der Waals surface area (Å²) in [6.45, 7) is 3.51. The number of nitrogens with zero attached hydrogens (tertiary/aromatic N) is 1. The van der Waals surface area contributed by atoms with Crippen molar-refractivity contribution in [2.24, 2.45) is 16.5 Å². The smallest absolute Gasteiger partial charge is 0.316 e. The molecule has 0 radical (unpaired) electrons. The summed E-state index contributed by atoms with van der Waals surface area (Å²) in [5.41, 5.74) is 10.1. The number of ether oxygens (including phenoxy) is 1. The lowest BCUT2D eigenvalue weighted by atomic mass is 10.5. The largest absolute Gasteiger partial charge is 0.462 e. The van der Waals surface area contributed by atoms with E-state index in [1.807, 2.05) is 0 Å². The van der Waals surface area contributed by atoms with E-state index in [2.05, 4.69) is 4.99 Å². The molecule has 0 aromatic rings. The Morgan fingerprint density at radius 3 is 2.57 bits per heavy atom. The van der Waals surface area contributed by atoms with E-state index < -0.39 is 0 Å². The van der Waals surface area contributed by atoms with Crippen LogP contribution in [0.15, 0.2) is 4.99 Å². The van der Waals surface area contributed by atoms with E-state index >= 15 is 0 Å². The van der Waals surface area contributed by atoms with Crippen LogP contribution in [-0.4, -0.2) is 29.0 Å². The van der Waals surface area contributed by atoms with E-state index in [-0.39, 0.29) is 29.0 Å². The standard InChI is InChI=1S/C7H14N4O2S/c1-4(2)13-5(12)3-14-7(10)11-6(8)9/h4H,3H2,1-2H3,(H5,8,9,10,11). The maximum absolute atomic E-state index is 11.0. The highest BCUT2D eigenvalue weighted by molar-refractivity contribution is 8.14. The van der Waals surface area contributed by atoms with Crippen LogP contribution in [0.4, 0.5) is 0 Å². The van der Waals surface area contributed by atoms with E-state index in [1.54, 1.807) is 13.8 Å². The second kappa shape index (κ2) is 6.25. The molecule has 0 aliphatic rings. The molecule has 0 heterocycles. The van der Waals surface area contributed by atoms with Crippen LogP contribution in [0.3, 0.4) is 0 Å². The molecule has 0 bridgehead atoms. The lowest BCUT2D eigenvalue weighted by Crippen LogP contribution is -2.23. The van der Waals surface area contributed by atoms with Crippen LogP contribution < -0.4 is 11.5 Å². The average Bonchev–Trinajstić information content (AvgIpc) is 1.98. The molecule has 0 unspecified atom stereocenters. The fraction of sp³-hybridized carbons (Fsp3) is 0.571. The molecule has 0 saturated heterocycles. The summed E-state index contributed by atoms with van der Waals surface area (Å²) in [6, 6.07) is 0. The molecule has 0 atom stereocenters. The zero-order valence-electron chi connectivity index (χ0n) is 8.11. The van der Waals surface area contributed by atoms with Gasteiger partial charge in [0.05, 0.1) is 11.9 Å². The van der Waals surface area contributed by atoms with Gasteiger partial charge in [-0.25, -0.2) is 0 Å². The number of guanidine groups is 1. The Kier molecular flexibility index (Phi) is 5.70. The van der Waals surface area contributed by atoms with Crippen LogP contribution in [0.25, 0.3) is 0 Å². The zero-order chi connectivity index (χ0) is 11.1. The minimum Gasteiger partial charge on any atom is -0.462 e. The molecule has 0 spiro atoms. The zero-order valence-corrected chi connectivity index (χ0v) is 8.93. The summed E-state index contributed by atoms with van der Waals surface area (Å²) in [5.74, 6) is -0.548. The molecule has 80 valence electrons. The minimum atomic E-state index is -0.388. The Hall–Kier alpha value is -1.24. The topological polar surface area (TPSA) is 115 Å². The second-order valence-corrected chi connectivity index (χ2v) is 3.63. The van der Waals surface area contributed by atoms with Crippen LogP contribution in [0.1, 0.15) is 13.8 Å². The van der Waals surface area contributed by atoms with Gasteiger partial charge in [0.2, 0.25) is 0 Å². The molecule has 0 aromatic heterocycles. The van der Waals surface area contributed by atoms with Crippen molar-refractivity contribution in [3.8, 4) is 0 Å². The first-order valence-corrected chi connectivity index (χ1v) is 4.91. The van der Waals surface area contributed by atoms with Gasteiger partial charge in [-0.2, -0.15) is 4.99 Å². The van der Waals surface area contributed by atoms with Crippen LogP contribution in [0.5, 0.6) is 0 Å². The first-order chi connectivity index (χ1) is 6.41. The third-order valence-corrected chi connectivity index (χ3v) is 1.67. The van der Waals surface area contributed by atoms with Crippen molar-refractivity contribution >= 4 is 28.9 Å². The van der Waals surface area contributed by atoms with Crippen molar-refractivity contribution in [2.45, 2.75) is 20.0 Å². The molecule has 0 aliphatic carbocycles. The third-order valence-electron chi connectivity index (χ3n) is 0.925. The Labute approximate surface area is 86.6 Å². The van der Waals surface area contributed by atoms with Crippen molar-refractivity contribution in [3.05, 3.63) is 0 Å². The number of aliphatic imine (C=N–C) groups is 1. The number of carbonyl (C=O) groups is 1. The Balaban J connectivity index is 3.78. The first-order valence-electron chi connectivity index (χ1n) is 3.92. The van der Waals surface area contributed by atoms with Crippen molar-refractivity contribution in [3.63, 3.8) is 0 Å². The van der Waals surface area contributed by atoms with Crippen molar-refractivity contribution in [2.75, 3.05) is 5.75 Å². The third kappa shape index (κ3) is 7.41. The lowest BCUT2D eigenvalue weighted by Gasteiger charge is -2.06. The summed E-state index contributed by atoms with van der Waals surface area (Å²) < 4.78 is 4.84. The van der Waals surface area contributed by atoms with Gasteiger partial charge in [-0.15, -0.1) is 0 Å². The first kappa shape index (κ1) is 12.8. The fourth-order valence-electron chi connectivity index (χ4n) is 0.574. The number of carbonyl (C=O) groups excluding carboxylic acids is 1. The van der Waals surface area contributed by atoms with E-state index in [0.717, 1.165) is 11.8 Å². The molecule has 0 saturated carbocycles. The quantitative estimate of drug-likeness (QED) is 0.347. The van der Waals surface area contributed by atoms with Gasteiger partial charge in [0.15, 0.2) is 11.1 Å². The van der Waals surface area contributed by atoms with Gasteiger partial charge in [0.25, 0.3) is 0 Å². The number of hydrogen-bond donors (Lipinski definition) is 3. The summed E-state index contributed by atoms with van der Waals surface area (Å²) in [4.78, 5) is 14.4. The van der Waals surface area contributed by atoms with Crippen LogP contribution in [0, 0.1) is 5.41 Å². The van der Waals surface area contributed by atoms with E-state index in [0.29, 0.717) is 0 Å². The van der Waals surface area contributed by atoms with Gasteiger partial charge in [0.1, 0.15) is 0 Å². The lowest BCUT2D eigenvalue weighted by molar-refractivity contribution is -0.144. The van der Waals surface area contributed by atoms with Gasteiger partial charge < -0.3 is 16.2 Å². The van der Waals surface area contributed by atoms with Gasteiger partial charge in [-0.05, 0) is 13.8 Å². The number of hydrogen-bond acceptors (Lipinski definition) is 4. The van der Waals surface area contributed by atoms with E-state index in [9.17, 15) is 4.79 Å². The van der Waals surface area contributed by atoms with Crippen LogP contribution in [-0.2, 0) is 9.53 Å². The fourth-order valence-corrected chi connectivity index (χ4v) is 1.07. The number of thioether (sulfide) groups is 1. The van der Waals surface area contributed by atoms with Gasteiger partial charge in [-0.3, -0.25) is 10.2 Å². The average molecular weight is 218 g/mol. The van der Waals surface area contributed by atoms with Gasteiger partial charge in [0, 0.05) is 0 Å². The van der Waals surface area contributed by atoms with Gasteiger partial charge in [-0.1, -0.05) is 11.8 Å². The Bertz CT molecular complexity index is 248. The van der Waals surface area contributed by atoms with Crippen molar-refractivity contribution in [1.29, 1.82) is 5.41 Å². The Morgan fingerprint density at radius 2 is 2.14 bits per heavy atom. The summed E-state index contributed by atoms with van der Waals surface area (Å²) in [5, 5.41) is 7.10. The second-order valence-electron chi connectivity index (χ2n) is 2.67. The predicted molar refractivity (Wildman–Crippen MR) is 57.2 cm³/mol. The number of nitrogens with two attached hydrogens (primary N) is 2. The highest BCUT2D eigenvalue weighted by Gasteiger charge is 2.07. The highest BCUT2D eigenvalue weighted by atomic mass is 32.2. The molecular weight excluding hydrogens is 204 g/mol. The van der Waals surface area contributed by atoms with Gasteiger partial charge >= 0.3 is 5.97 Å². The Morgan fingerprint density at radius 1 is 1.57 bits per heavy atom. The number of rotatable bonds is 3. The maximum Gasteiger partial charge on any atom is 0.316 e. The number of esters is 1. The molecular formula is C7H14N4O2S.